The second-order valence-electron chi connectivity index (χ2n) is 6.18. The van der Waals surface area contributed by atoms with E-state index < -0.39 is 11.8 Å². The number of amides is 2. The van der Waals surface area contributed by atoms with Crippen LogP contribution >= 0.6 is 0 Å². The number of carbonyl (C=O) groups excluding carboxylic acids is 2. The summed E-state index contributed by atoms with van der Waals surface area (Å²) >= 11 is 0. The summed E-state index contributed by atoms with van der Waals surface area (Å²) < 4.78 is 0. The minimum absolute atomic E-state index is 0.0512. The molecular weight excluding hydrogens is 266 g/mol. The number of hydrogen-bond acceptors (Lipinski definition) is 3. The maximum Gasteiger partial charge on any atom is 0.316 e. The highest BCUT2D eigenvalue weighted by Gasteiger charge is 2.47. The Labute approximate surface area is 124 Å². The lowest BCUT2D eigenvalue weighted by molar-refractivity contribution is -0.145. The summed E-state index contributed by atoms with van der Waals surface area (Å²) in [6.07, 6.45) is 2.17. The molecule has 21 heavy (non-hydrogen) atoms. The second-order valence-corrected chi connectivity index (χ2v) is 6.18. The zero-order valence-corrected chi connectivity index (χ0v) is 12.5. The number of anilines is 1. The first-order valence-corrected chi connectivity index (χ1v) is 7.39. The Morgan fingerprint density at radius 3 is 2.52 bits per heavy atom. The van der Waals surface area contributed by atoms with E-state index in [1.807, 2.05) is 25.1 Å². The van der Waals surface area contributed by atoms with E-state index in [9.17, 15) is 9.59 Å². The lowest BCUT2D eigenvalue weighted by Gasteiger charge is -2.32. The molecule has 1 unspecified atom stereocenters. The topological polar surface area (TPSA) is 66.6 Å². The van der Waals surface area contributed by atoms with Gasteiger partial charge >= 0.3 is 11.8 Å². The van der Waals surface area contributed by atoms with Gasteiger partial charge in [0.2, 0.25) is 0 Å². The van der Waals surface area contributed by atoms with Crippen molar-refractivity contribution < 1.29 is 9.59 Å². The molecule has 0 spiro atoms. The lowest BCUT2D eigenvalue weighted by atomic mass is 9.89. The van der Waals surface area contributed by atoms with Gasteiger partial charge in [-0.2, -0.15) is 0 Å². The van der Waals surface area contributed by atoms with Crippen LogP contribution in [0, 0.1) is 0 Å². The Morgan fingerprint density at radius 1 is 1.19 bits per heavy atom. The first-order chi connectivity index (χ1) is 9.95. The quantitative estimate of drug-likeness (QED) is 0.839. The molecule has 2 N–H and O–H groups in total. The third-order valence-electron chi connectivity index (χ3n) is 4.83. The van der Waals surface area contributed by atoms with Crippen molar-refractivity contribution >= 4 is 17.5 Å². The summed E-state index contributed by atoms with van der Waals surface area (Å²) in [7, 11) is 1.66. The molecule has 1 aromatic carbocycles. The molecule has 112 valence electrons. The average Bonchev–Trinajstić information content (AvgIpc) is 3.27. The summed E-state index contributed by atoms with van der Waals surface area (Å²) in [5.41, 5.74) is 8.14. The van der Waals surface area contributed by atoms with Gasteiger partial charge in [0.15, 0.2) is 0 Å². The van der Waals surface area contributed by atoms with Gasteiger partial charge in [0.1, 0.15) is 0 Å². The van der Waals surface area contributed by atoms with Crippen molar-refractivity contribution in [2.24, 2.45) is 5.73 Å². The number of carbonyl (C=O) groups is 2. The number of likely N-dealkylation sites (N-methyl/N-ethyl adjacent to an activating group) is 1. The van der Waals surface area contributed by atoms with Crippen molar-refractivity contribution in [1.82, 2.24) is 4.90 Å². The van der Waals surface area contributed by atoms with Crippen LogP contribution in [0.2, 0.25) is 0 Å². The smallest absolute Gasteiger partial charge is 0.316 e. The van der Waals surface area contributed by atoms with Crippen molar-refractivity contribution in [3.8, 4) is 0 Å². The Morgan fingerprint density at radius 2 is 1.90 bits per heavy atom. The van der Waals surface area contributed by atoms with E-state index in [0.29, 0.717) is 13.1 Å². The predicted molar refractivity (Wildman–Crippen MR) is 81.0 cm³/mol. The first kappa shape index (κ1) is 14.1. The summed E-state index contributed by atoms with van der Waals surface area (Å²) in [6.45, 7) is 3.13. The SMILES string of the molecule is CC(N)C1(c2cccc(N3CCN(C)C(=O)C3=O)c2)CC1. The Kier molecular flexibility index (Phi) is 3.24. The largest absolute Gasteiger partial charge is 0.336 e. The molecule has 1 saturated heterocycles. The minimum Gasteiger partial charge on any atom is -0.336 e. The van der Waals surface area contributed by atoms with Crippen LogP contribution in [-0.4, -0.2) is 42.9 Å². The fourth-order valence-electron chi connectivity index (χ4n) is 3.10. The minimum atomic E-state index is -0.452. The fraction of sp³-hybridized carbons (Fsp3) is 0.500. The number of nitrogens with two attached hydrogens (primary N) is 1. The predicted octanol–water partition coefficient (Wildman–Crippen LogP) is 0.870. The number of benzene rings is 1. The third-order valence-corrected chi connectivity index (χ3v) is 4.83. The molecule has 5 nitrogen and oxygen atoms in total. The highest BCUT2D eigenvalue weighted by Crippen LogP contribution is 2.50. The van der Waals surface area contributed by atoms with Gasteiger partial charge in [0.25, 0.3) is 0 Å². The zero-order chi connectivity index (χ0) is 15.2. The van der Waals surface area contributed by atoms with E-state index in [1.54, 1.807) is 11.9 Å². The van der Waals surface area contributed by atoms with Gasteiger partial charge < -0.3 is 15.5 Å². The van der Waals surface area contributed by atoms with E-state index >= 15 is 0 Å². The van der Waals surface area contributed by atoms with Crippen LogP contribution < -0.4 is 10.6 Å². The van der Waals surface area contributed by atoms with Gasteiger partial charge in [0.05, 0.1) is 0 Å². The molecule has 2 fully saturated rings. The second kappa shape index (κ2) is 4.84. The zero-order valence-electron chi connectivity index (χ0n) is 12.5. The Hall–Kier alpha value is -1.88. The normalized spacial score (nSPS) is 22.4. The van der Waals surface area contributed by atoms with Crippen LogP contribution in [0.15, 0.2) is 24.3 Å². The fourth-order valence-corrected chi connectivity index (χ4v) is 3.10. The van der Waals surface area contributed by atoms with Crippen LogP contribution in [0.5, 0.6) is 0 Å². The molecule has 0 bridgehead atoms. The van der Waals surface area contributed by atoms with Crippen molar-refractivity contribution in [3.63, 3.8) is 0 Å². The van der Waals surface area contributed by atoms with E-state index in [-0.39, 0.29) is 11.5 Å². The third kappa shape index (κ3) is 2.21. The van der Waals surface area contributed by atoms with Crippen molar-refractivity contribution in [3.05, 3.63) is 29.8 Å². The van der Waals surface area contributed by atoms with Crippen molar-refractivity contribution in [2.75, 3.05) is 25.0 Å². The van der Waals surface area contributed by atoms with Gasteiger partial charge in [-0.3, -0.25) is 9.59 Å². The highest BCUT2D eigenvalue weighted by molar-refractivity contribution is 6.40. The molecule has 5 heteroatoms. The Balaban J connectivity index is 1.91. The number of rotatable bonds is 3. The molecule has 3 rings (SSSR count). The summed E-state index contributed by atoms with van der Waals surface area (Å²) in [5, 5.41) is 0. The number of nitrogens with zero attached hydrogens (tertiary/aromatic N) is 2. The molecule has 1 aromatic rings. The summed E-state index contributed by atoms with van der Waals surface area (Å²) in [5.74, 6) is -0.897. The van der Waals surface area contributed by atoms with Gasteiger partial charge in [-0.15, -0.1) is 0 Å². The van der Waals surface area contributed by atoms with Crippen LogP contribution in [0.4, 0.5) is 5.69 Å². The van der Waals surface area contributed by atoms with Crippen LogP contribution in [0.3, 0.4) is 0 Å². The van der Waals surface area contributed by atoms with Crippen LogP contribution in [-0.2, 0) is 15.0 Å². The lowest BCUT2D eigenvalue weighted by Crippen LogP contribution is -2.53. The molecule has 1 saturated carbocycles. The molecule has 1 atom stereocenters. The summed E-state index contributed by atoms with van der Waals surface area (Å²) in [4.78, 5) is 27.0. The van der Waals surface area contributed by atoms with Crippen molar-refractivity contribution in [2.45, 2.75) is 31.2 Å². The highest BCUT2D eigenvalue weighted by atomic mass is 16.2. The standard InChI is InChI=1S/C16H21N3O2/c1-11(17)16(6-7-16)12-4-3-5-13(10-12)19-9-8-18(2)14(20)15(19)21/h3-5,10-11H,6-9,17H2,1-2H3. The van der Waals surface area contributed by atoms with E-state index in [0.717, 1.165) is 18.5 Å². The molecule has 1 aliphatic heterocycles. The van der Waals surface area contributed by atoms with Crippen LogP contribution in [0.25, 0.3) is 0 Å². The number of piperazine rings is 1. The molecule has 0 radical (unpaired) electrons. The van der Waals surface area contributed by atoms with E-state index in [1.165, 1.54) is 10.5 Å². The molecule has 0 aromatic heterocycles. The average molecular weight is 287 g/mol. The maximum absolute atomic E-state index is 12.2. The van der Waals surface area contributed by atoms with Crippen molar-refractivity contribution in [1.29, 1.82) is 0 Å². The van der Waals surface area contributed by atoms with Gasteiger partial charge in [-0.05, 0) is 37.5 Å². The van der Waals surface area contributed by atoms with Crippen LogP contribution in [0.1, 0.15) is 25.3 Å². The monoisotopic (exact) mass is 287 g/mol. The molecule has 1 heterocycles. The molecular formula is C16H21N3O2. The van der Waals surface area contributed by atoms with E-state index in [4.69, 9.17) is 5.73 Å². The van der Waals surface area contributed by atoms with Gasteiger partial charge in [-0.1, -0.05) is 12.1 Å². The molecule has 2 aliphatic rings. The molecule has 1 aliphatic carbocycles. The summed E-state index contributed by atoms with van der Waals surface area (Å²) in [6, 6.07) is 8.02. The maximum atomic E-state index is 12.2. The van der Waals surface area contributed by atoms with E-state index in [2.05, 4.69) is 6.07 Å². The van der Waals surface area contributed by atoms with Gasteiger partial charge in [0, 0.05) is 37.3 Å². The Bertz CT molecular complexity index is 593. The first-order valence-electron chi connectivity index (χ1n) is 7.39. The van der Waals surface area contributed by atoms with Gasteiger partial charge in [-0.25, -0.2) is 0 Å². The number of hydrogen-bond donors (Lipinski definition) is 1. The molecule has 2 amide bonds.